The lowest BCUT2D eigenvalue weighted by Crippen LogP contribution is -2.26. The summed E-state index contributed by atoms with van der Waals surface area (Å²) in [4.78, 5) is 24.3. The number of hydrogen-bond acceptors (Lipinski definition) is 3. The second-order valence-corrected chi connectivity index (χ2v) is 6.14. The summed E-state index contributed by atoms with van der Waals surface area (Å²) in [6.07, 6.45) is 0.428. The van der Waals surface area contributed by atoms with Gasteiger partial charge in [0.2, 0.25) is 5.91 Å². The number of hydrogen-bond donors (Lipinski definition) is 0. The average molecular weight is 392 g/mol. The van der Waals surface area contributed by atoms with Crippen LogP contribution in [0.15, 0.2) is 16.6 Å². The van der Waals surface area contributed by atoms with Crippen LogP contribution in [0.5, 0.6) is 0 Å². The molecule has 5 nitrogen and oxygen atoms in total. The maximum Gasteiger partial charge on any atom is 0.294 e. The smallest absolute Gasteiger partial charge is 0.294 e. The quantitative estimate of drug-likeness (QED) is 0.450. The molecule has 2 rings (SSSR count). The molecule has 0 N–H and O–H groups in total. The highest BCUT2D eigenvalue weighted by atomic mass is 79.9. The first-order valence-electron chi connectivity index (χ1n) is 5.75. The summed E-state index contributed by atoms with van der Waals surface area (Å²) in [7, 11) is 0. The van der Waals surface area contributed by atoms with E-state index in [4.69, 9.17) is 0 Å². The Bertz CT molecular complexity index is 548. The van der Waals surface area contributed by atoms with E-state index in [0.29, 0.717) is 23.1 Å². The highest BCUT2D eigenvalue weighted by molar-refractivity contribution is 9.10. The number of carbonyl (C=O) groups is 1. The third-order valence-electron chi connectivity index (χ3n) is 3.14. The number of nitro groups is 1. The van der Waals surface area contributed by atoms with E-state index in [0.717, 1.165) is 10.9 Å². The van der Waals surface area contributed by atoms with Crippen molar-refractivity contribution in [2.75, 3.05) is 16.8 Å². The molecule has 0 bridgehead atoms. The molecule has 19 heavy (non-hydrogen) atoms. The van der Waals surface area contributed by atoms with E-state index < -0.39 is 4.92 Å². The van der Waals surface area contributed by atoms with Gasteiger partial charge in [0.05, 0.1) is 4.92 Å². The van der Waals surface area contributed by atoms with Crippen molar-refractivity contribution in [1.82, 2.24) is 0 Å². The molecule has 1 unspecified atom stereocenters. The second kappa shape index (κ2) is 5.58. The fourth-order valence-electron chi connectivity index (χ4n) is 2.31. The first kappa shape index (κ1) is 14.5. The zero-order valence-electron chi connectivity index (χ0n) is 10.2. The van der Waals surface area contributed by atoms with Gasteiger partial charge in [0.1, 0.15) is 5.69 Å². The van der Waals surface area contributed by atoms with Crippen molar-refractivity contribution in [2.24, 2.45) is 5.92 Å². The molecule has 0 spiro atoms. The normalized spacial score (nSPS) is 19.0. The molecule has 0 aromatic heterocycles. The van der Waals surface area contributed by atoms with Crippen LogP contribution in [0.25, 0.3) is 0 Å². The van der Waals surface area contributed by atoms with Gasteiger partial charge >= 0.3 is 0 Å². The van der Waals surface area contributed by atoms with E-state index in [1.165, 1.54) is 11.0 Å². The van der Waals surface area contributed by atoms with Crippen LogP contribution in [0.1, 0.15) is 12.0 Å². The highest BCUT2D eigenvalue weighted by Gasteiger charge is 2.34. The van der Waals surface area contributed by atoms with E-state index >= 15 is 0 Å². The molecule has 0 radical (unpaired) electrons. The van der Waals surface area contributed by atoms with Gasteiger partial charge < -0.3 is 4.90 Å². The molecule has 1 atom stereocenters. The minimum Gasteiger partial charge on any atom is -0.306 e. The zero-order chi connectivity index (χ0) is 14.2. The molecule has 1 heterocycles. The molecular formula is C12H12Br2N2O3. The topological polar surface area (TPSA) is 63.5 Å². The van der Waals surface area contributed by atoms with Gasteiger partial charge in [0.25, 0.3) is 5.69 Å². The number of carbonyl (C=O) groups excluding carboxylic acids is 1. The number of halogens is 2. The Morgan fingerprint density at radius 3 is 2.74 bits per heavy atom. The third kappa shape index (κ3) is 2.81. The Labute approximate surface area is 127 Å². The van der Waals surface area contributed by atoms with Crippen LogP contribution in [0.3, 0.4) is 0 Å². The maximum atomic E-state index is 12.0. The maximum absolute atomic E-state index is 12.0. The van der Waals surface area contributed by atoms with Crippen LogP contribution in [0.4, 0.5) is 11.4 Å². The lowest BCUT2D eigenvalue weighted by molar-refractivity contribution is -0.384. The lowest BCUT2D eigenvalue weighted by atomic mass is 10.1. The standard InChI is InChI=1S/C12H12Br2N2O3/c1-7-2-9(14)4-10(16(18)19)12(7)15-6-8(5-13)3-11(15)17/h2,4,8H,3,5-6H2,1H3. The summed E-state index contributed by atoms with van der Waals surface area (Å²) in [5, 5.41) is 11.9. The molecule has 1 aliphatic heterocycles. The fraction of sp³-hybridized carbons (Fsp3) is 0.417. The number of aryl methyl sites for hydroxylation is 1. The third-order valence-corrected chi connectivity index (χ3v) is 4.51. The van der Waals surface area contributed by atoms with Crippen LogP contribution in [-0.4, -0.2) is 22.7 Å². The predicted molar refractivity (Wildman–Crippen MR) is 79.8 cm³/mol. The minimum atomic E-state index is -0.443. The molecule has 1 amide bonds. The monoisotopic (exact) mass is 390 g/mol. The van der Waals surface area contributed by atoms with Gasteiger partial charge in [-0.15, -0.1) is 0 Å². The van der Waals surface area contributed by atoms with Crippen molar-refractivity contribution >= 4 is 49.1 Å². The molecule has 0 aliphatic carbocycles. The van der Waals surface area contributed by atoms with Crippen molar-refractivity contribution in [1.29, 1.82) is 0 Å². The molecule has 102 valence electrons. The number of benzene rings is 1. The summed E-state index contributed by atoms with van der Waals surface area (Å²) in [6, 6.07) is 3.23. The molecule has 1 saturated heterocycles. The van der Waals surface area contributed by atoms with Gasteiger partial charge in [-0.1, -0.05) is 31.9 Å². The van der Waals surface area contributed by atoms with E-state index in [1.54, 1.807) is 13.0 Å². The summed E-state index contributed by atoms with van der Waals surface area (Å²) < 4.78 is 0.643. The zero-order valence-corrected chi connectivity index (χ0v) is 13.4. The van der Waals surface area contributed by atoms with Crippen molar-refractivity contribution in [3.8, 4) is 0 Å². The Balaban J connectivity index is 2.50. The molecule has 7 heteroatoms. The lowest BCUT2D eigenvalue weighted by Gasteiger charge is -2.19. The van der Waals surface area contributed by atoms with Crippen LogP contribution < -0.4 is 4.90 Å². The van der Waals surface area contributed by atoms with Crippen molar-refractivity contribution in [3.05, 3.63) is 32.3 Å². The van der Waals surface area contributed by atoms with Crippen molar-refractivity contribution in [3.63, 3.8) is 0 Å². The van der Waals surface area contributed by atoms with Crippen LogP contribution in [-0.2, 0) is 4.79 Å². The first-order chi connectivity index (χ1) is 8.93. The minimum absolute atomic E-state index is 0.0320. The van der Waals surface area contributed by atoms with Gasteiger partial charge in [-0.3, -0.25) is 14.9 Å². The fourth-order valence-corrected chi connectivity index (χ4v) is 3.30. The van der Waals surface area contributed by atoms with Gasteiger partial charge in [0, 0.05) is 28.8 Å². The van der Waals surface area contributed by atoms with E-state index in [1.807, 2.05) is 0 Å². The van der Waals surface area contributed by atoms with E-state index in [2.05, 4.69) is 31.9 Å². The first-order valence-corrected chi connectivity index (χ1v) is 7.66. The van der Waals surface area contributed by atoms with Crippen LogP contribution in [0.2, 0.25) is 0 Å². The number of nitrogens with zero attached hydrogens (tertiary/aromatic N) is 2. The molecule has 1 aromatic carbocycles. The Morgan fingerprint density at radius 1 is 1.53 bits per heavy atom. The van der Waals surface area contributed by atoms with Gasteiger partial charge in [-0.25, -0.2) is 0 Å². The van der Waals surface area contributed by atoms with Crippen LogP contribution >= 0.6 is 31.9 Å². The summed E-state index contributed by atoms with van der Waals surface area (Å²) >= 11 is 6.61. The Kier molecular flexibility index (Phi) is 4.25. The number of nitro benzene ring substituents is 1. The molecule has 1 aromatic rings. The predicted octanol–water partition coefficient (Wildman–Crippen LogP) is 3.41. The molecule has 0 saturated carbocycles. The Hall–Kier alpha value is -0.950. The molecular weight excluding hydrogens is 380 g/mol. The number of amides is 1. The molecule has 1 fully saturated rings. The van der Waals surface area contributed by atoms with Gasteiger partial charge in [-0.2, -0.15) is 0 Å². The number of anilines is 1. The van der Waals surface area contributed by atoms with Crippen molar-refractivity contribution < 1.29 is 9.72 Å². The Morgan fingerprint density at radius 2 is 2.21 bits per heavy atom. The number of alkyl halides is 1. The average Bonchev–Trinajstić information content (AvgIpc) is 2.69. The van der Waals surface area contributed by atoms with Crippen molar-refractivity contribution in [2.45, 2.75) is 13.3 Å². The van der Waals surface area contributed by atoms with Crippen LogP contribution in [0, 0.1) is 23.0 Å². The van der Waals surface area contributed by atoms with Gasteiger partial charge in [0.15, 0.2) is 0 Å². The van der Waals surface area contributed by atoms with Gasteiger partial charge in [-0.05, 0) is 24.5 Å². The summed E-state index contributed by atoms with van der Waals surface area (Å²) in [5.74, 6) is 0.146. The number of rotatable bonds is 3. The van der Waals surface area contributed by atoms with E-state index in [9.17, 15) is 14.9 Å². The van der Waals surface area contributed by atoms with E-state index in [-0.39, 0.29) is 17.5 Å². The SMILES string of the molecule is Cc1cc(Br)cc([N+](=O)[O-])c1N1CC(CBr)CC1=O. The molecule has 1 aliphatic rings. The summed E-state index contributed by atoms with van der Waals surface area (Å²) in [5.41, 5.74) is 1.11. The largest absolute Gasteiger partial charge is 0.306 e. The highest BCUT2D eigenvalue weighted by Crippen LogP contribution is 2.38. The second-order valence-electron chi connectivity index (χ2n) is 4.58. The summed E-state index contributed by atoms with van der Waals surface area (Å²) in [6.45, 7) is 2.30.